The van der Waals surface area contributed by atoms with E-state index in [1.54, 1.807) is 36.1 Å². The number of aromatic nitrogens is 3. The largest absolute Gasteiger partial charge is 0.457 e. The second kappa shape index (κ2) is 9.30. The van der Waals surface area contributed by atoms with Gasteiger partial charge in [0, 0.05) is 36.3 Å². The van der Waals surface area contributed by atoms with Crippen molar-refractivity contribution in [2.45, 2.75) is 6.92 Å². The van der Waals surface area contributed by atoms with Gasteiger partial charge >= 0.3 is 0 Å². The van der Waals surface area contributed by atoms with Crippen molar-refractivity contribution in [3.8, 4) is 22.8 Å². The number of amides is 1. The molecule has 0 aliphatic rings. The van der Waals surface area contributed by atoms with Crippen molar-refractivity contribution >= 4 is 28.2 Å². The van der Waals surface area contributed by atoms with Gasteiger partial charge in [-0.1, -0.05) is 36.4 Å². The highest BCUT2D eigenvalue weighted by molar-refractivity contribution is 6.13. The summed E-state index contributed by atoms with van der Waals surface area (Å²) in [5.41, 5.74) is 3.30. The lowest BCUT2D eigenvalue weighted by Gasteiger charge is -2.12. The maximum atomic E-state index is 13.5. The predicted molar refractivity (Wildman–Crippen MR) is 136 cm³/mol. The van der Waals surface area contributed by atoms with E-state index >= 15 is 0 Å². The Kier molecular flexibility index (Phi) is 5.87. The molecular weight excluding hydrogens is 458 g/mol. The first kappa shape index (κ1) is 22.7. The van der Waals surface area contributed by atoms with Crippen molar-refractivity contribution in [1.29, 1.82) is 0 Å². The van der Waals surface area contributed by atoms with Crippen molar-refractivity contribution in [1.82, 2.24) is 14.8 Å². The van der Waals surface area contributed by atoms with Crippen LogP contribution in [0.2, 0.25) is 0 Å². The van der Waals surface area contributed by atoms with Gasteiger partial charge < -0.3 is 10.1 Å². The van der Waals surface area contributed by atoms with Gasteiger partial charge in [0.15, 0.2) is 0 Å². The molecule has 0 atom stereocenters. The molecule has 5 rings (SSSR count). The lowest BCUT2D eigenvalue weighted by Crippen LogP contribution is -2.13. The van der Waals surface area contributed by atoms with E-state index in [4.69, 9.17) is 4.74 Å². The molecule has 9 nitrogen and oxygen atoms in total. The average Bonchev–Trinajstić information content (AvgIpc) is 3.31. The van der Waals surface area contributed by atoms with Crippen LogP contribution in [0.5, 0.6) is 11.5 Å². The Labute approximate surface area is 206 Å². The summed E-state index contributed by atoms with van der Waals surface area (Å²) >= 11 is 0. The zero-order valence-corrected chi connectivity index (χ0v) is 19.5. The molecule has 9 heteroatoms. The number of anilines is 1. The van der Waals surface area contributed by atoms with E-state index in [-0.39, 0.29) is 17.1 Å². The highest BCUT2D eigenvalue weighted by Crippen LogP contribution is 2.32. The summed E-state index contributed by atoms with van der Waals surface area (Å²) in [5, 5.41) is 19.2. The van der Waals surface area contributed by atoms with Crippen LogP contribution in [0.4, 0.5) is 11.4 Å². The highest BCUT2D eigenvalue weighted by Gasteiger charge is 2.18. The zero-order valence-electron chi connectivity index (χ0n) is 19.5. The van der Waals surface area contributed by atoms with Crippen LogP contribution in [0, 0.1) is 17.0 Å². The third kappa shape index (κ3) is 4.62. The number of carbonyl (C=O) groups is 1. The molecule has 0 spiro atoms. The summed E-state index contributed by atoms with van der Waals surface area (Å²) in [6.07, 6.45) is 3.49. The second-order valence-corrected chi connectivity index (χ2v) is 8.27. The van der Waals surface area contributed by atoms with Crippen molar-refractivity contribution in [2.24, 2.45) is 7.05 Å². The molecule has 2 aromatic heterocycles. The summed E-state index contributed by atoms with van der Waals surface area (Å²) < 4.78 is 7.56. The van der Waals surface area contributed by atoms with Crippen LogP contribution in [0.1, 0.15) is 15.9 Å². The molecule has 0 saturated carbocycles. The molecule has 0 aliphatic carbocycles. The number of ether oxygens (including phenoxy) is 1. The van der Waals surface area contributed by atoms with Gasteiger partial charge in [0.05, 0.1) is 39.6 Å². The maximum Gasteiger partial charge on any atom is 0.275 e. The molecule has 36 heavy (non-hydrogen) atoms. The number of aryl methyl sites for hydroxylation is 2. The number of hydrogen-bond acceptors (Lipinski definition) is 6. The average molecular weight is 479 g/mol. The number of carbonyl (C=O) groups excluding carboxylic acids is 1. The van der Waals surface area contributed by atoms with Crippen LogP contribution in [-0.4, -0.2) is 25.6 Å². The summed E-state index contributed by atoms with van der Waals surface area (Å²) in [4.78, 5) is 29.2. The third-order valence-electron chi connectivity index (χ3n) is 5.64. The third-order valence-corrected chi connectivity index (χ3v) is 5.64. The minimum Gasteiger partial charge on any atom is -0.457 e. The number of para-hydroxylation sites is 2. The second-order valence-electron chi connectivity index (χ2n) is 8.27. The van der Waals surface area contributed by atoms with Gasteiger partial charge in [-0.3, -0.25) is 19.6 Å². The normalized spacial score (nSPS) is 10.8. The van der Waals surface area contributed by atoms with Crippen LogP contribution >= 0.6 is 0 Å². The minimum absolute atomic E-state index is 0.202. The van der Waals surface area contributed by atoms with E-state index in [2.05, 4.69) is 15.4 Å². The monoisotopic (exact) mass is 479 g/mol. The van der Waals surface area contributed by atoms with Gasteiger partial charge in [0.1, 0.15) is 11.5 Å². The number of nitro benzene ring substituents is 1. The van der Waals surface area contributed by atoms with E-state index in [1.807, 2.05) is 55.6 Å². The standard InChI is InChI=1S/C27H21N5O4/c1-17-7-3-6-10-26(17)36-21-12-19(11-20(13-21)32(34)35)29-27(33)23-14-25(18-15-28-31(2)16-18)30-24-9-5-4-8-22(23)24/h3-16H,1-2H3,(H,29,33). The fraction of sp³-hybridized carbons (Fsp3) is 0.0741. The van der Waals surface area contributed by atoms with Crippen LogP contribution < -0.4 is 10.1 Å². The number of fused-ring (bicyclic) bond motifs is 1. The summed E-state index contributed by atoms with van der Waals surface area (Å²) in [6, 6.07) is 20.5. The van der Waals surface area contributed by atoms with Crippen molar-refractivity contribution in [2.75, 3.05) is 5.32 Å². The number of benzene rings is 3. The van der Waals surface area contributed by atoms with Crippen molar-refractivity contribution in [3.63, 3.8) is 0 Å². The first-order valence-corrected chi connectivity index (χ1v) is 11.1. The predicted octanol–water partition coefficient (Wildman–Crippen LogP) is 5.90. The Bertz CT molecular complexity index is 1630. The van der Waals surface area contributed by atoms with Gasteiger partial charge in [-0.2, -0.15) is 5.10 Å². The molecule has 0 aliphatic heterocycles. The first-order chi connectivity index (χ1) is 17.4. The minimum atomic E-state index is -0.525. The van der Waals surface area contributed by atoms with Gasteiger partial charge in [-0.05, 0) is 30.7 Å². The Hall–Kier alpha value is -5.05. The molecule has 5 aromatic rings. The lowest BCUT2D eigenvalue weighted by molar-refractivity contribution is -0.384. The van der Waals surface area contributed by atoms with E-state index < -0.39 is 10.8 Å². The molecule has 1 amide bonds. The van der Waals surface area contributed by atoms with Gasteiger partial charge in [0.2, 0.25) is 0 Å². The quantitative estimate of drug-likeness (QED) is 0.240. The summed E-state index contributed by atoms with van der Waals surface area (Å²) in [6.45, 7) is 1.88. The molecule has 0 radical (unpaired) electrons. The number of non-ortho nitro benzene ring substituents is 1. The molecule has 2 heterocycles. The van der Waals surface area contributed by atoms with Gasteiger partial charge in [-0.15, -0.1) is 0 Å². The maximum absolute atomic E-state index is 13.5. The number of nitrogens with one attached hydrogen (secondary N) is 1. The Balaban J connectivity index is 1.53. The summed E-state index contributed by atoms with van der Waals surface area (Å²) in [7, 11) is 1.80. The van der Waals surface area contributed by atoms with Crippen LogP contribution in [0.3, 0.4) is 0 Å². The fourth-order valence-corrected chi connectivity index (χ4v) is 3.88. The number of nitro groups is 1. The van der Waals surface area contributed by atoms with E-state index in [0.29, 0.717) is 27.9 Å². The molecule has 3 aromatic carbocycles. The number of pyridine rings is 1. The molecule has 0 saturated heterocycles. The Morgan fingerprint density at radius 1 is 1.06 bits per heavy atom. The molecule has 0 bridgehead atoms. The molecule has 0 fully saturated rings. The Morgan fingerprint density at radius 2 is 1.83 bits per heavy atom. The smallest absolute Gasteiger partial charge is 0.275 e. The lowest BCUT2D eigenvalue weighted by atomic mass is 10.0. The zero-order chi connectivity index (χ0) is 25.2. The summed E-state index contributed by atoms with van der Waals surface area (Å²) in [5.74, 6) is 0.377. The Morgan fingerprint density at radius 3 is 2.58 bits per heavy atom. The van der Waals surface area contributed by atoms with Crippen LogP contribution in [0.25, 0.3) is 22.2 Å². The number of rotatable bonds is 6. The van der Waals surface area contributed by atoms with Crippen molar-refractivity contribution < 1.29 is 14.5 Å². The van der Waals surface area contributed by atoms with E-state index in [1.165, 1.54) is 12.1 Å². The first-order valence-electron chi connectivity index (χ1n) is 11.1. The van der Waals surface area contributed by atoms with Crippen molar-refractivity contribution in [3.05, 3.63) is 106 Å². The van der Waals surface area contributed by atoms with Crippen LogP contribution in [-0.2, 0) is 7.05 Å². The number of nitrogens with zero attached hydrogens (tertiary/aromatic N) is 4. The molecule has 178 valence electrons. The van der Waals surface area contributed by atoms with Crippen LogP contribution in [0.15, 0.2) is 85.2 Å². The topological polar surface area (TPSA) is 112 Å². The van der Waals surface area contributed by atoms with E-state index in [0.717, 1.165) is 11.1 Å². The molecule has 1 N–H and O–H groups in total. The van der Waals surface area contributed by atoms with Gasteiger partial charge in [0.25, 0.3) is 11.6 Å². The molecule has 0 unspecified atom stereocenters. The fourth-order valence-electron chi connectivity index (χ4n) is 3.88. The number of hydrogen-bond donors (Lipinski definition) is 1. The molecular formula is C27H21N5O4. The van der Waals surface area contributed by atoms with E-state index in [9.17, 15) is 14.9 Å². The van der Waals surface area contributed by atoms with Gasteiger partial charge in [-0.25, -0.2) is 4.98 Å². The highest BCUT2D eigenvalue weighted by atomic mass is 16.6. The SMILES string of the molecule is Cc1ccccc1Oc1cc(NC(=O)c2cc(-c3cnn(C)c3)nc3ccccc23)cc([N+](=O)[O-])c1.